The number of hydrogen-bond donors (Lipinski definition) is 0. The summed E-state index contributed by atoms with van der Waals surface area (Å²) in [4.78, 5) is 0. The van der Waals surface area contributed by atoms with Crippen LogP contribution in [0, 0.1) is 31.0 Å². The van der Waals surface area contributed by atoms with Crippen molar-refractivity contribution in [2.45, 2.75) is 20.8 Å². The first-order valence-corrected chi connectivity index (χ1v) is 7.53. The highest BCUT2D eigenvalue weighted by Gasteiger charge is 2.17. The van der Waals surface area contributed by atoms with Crippen LogP contribution in [0.25, 0.3) is 5.69 Å². The SMILES string of the molecule is CCOCCOc1cc(-n2nc(C)c(Cl)c2C)c(F)cc1C#N. The van der Waals surface area contributed by atoms with E-state index >= 15 is 0 Å². The number of ether oxygens (including phenoxy) is 2. The molecule has 122 valence electrons. The maximum absolute atomic E-state index is 14.3. The molecule has 0 bridgehead atoms. The number of rotatable bonds is 6. The molecule has 0 saturated heterocycles. The van der Waals surface area contributed by atoms with Crippen LogP contribution in [0.2, 0.25) is 5.02 Å². The fourth-order valence-corrected chi connectivity index (χ4v) is 2.24. The molecule has 1 aromatic heterocycles. The fraction of sp³-hybridized carbons (Fsp3) is 0.375. The molecule has 0 fully saturated rings. The third-order valence-electron chi connectivity index (χ3n) is 3.29. The van der Waals surface area contributed by atoms with E-state index in [0.717, 1.165) is 6.07 Å². The normalized spacial score (nSPS) is 10.6. The van der Waals surface area contributed by atoms with Gasteiger partial charge in [-0.2, -0.15) is 10.4 Å². The van der Waals surface area contributed by atoms with E-state index in [0.29, 0.717) is 29.6 Å². The minimum absolute atomic E-state index is 0.121. The number of benzene rings is 1. The summed E-state index contributed by atoms with van der Waals surface area (Å²) >= 11 is 6.11. The van der Waals surface area contributed by atoms with Crippen LogP contribution in [-0.2, 0) is 4.74 Å². The van der Waals surface area contributed by atoms with Crippen molar-refractivity contribution in [2.24, 2.45) is 0 Å². The first kappa shape index (κ1) is 17.3. The summed E-state index contributed by atoms with van der Waals surface area (Å²) in [5.41, 5.74) is 1.53. The summed E-state index contributed by atoms with van der Waals surface area (Å²) < 4.78 is 26.5. The van der Waals surface area contributed by atoms with Crippen LogP contribution in [0.3, 0.4) is 0 Å². The molecule has 0 aliphatic carbocycles. The Balaban J connectivity index is 2.40. The molecule has 0 atom stereocenters. The van der Waals surface area contributed by atoms with E-state index in [2.05, 4.69) is 5.10 Å². The van der Waals surface area contributed by atoms with Crippen LogP contribution >= 0.6 is 11.6 Å². The van der Waals surface area contributed by atoms with Gasteiger partial charge in [-0.3, -0.25) is 0 Å². The molecule has 7 heteroatoms. The number of halogens is 2. The predicted molar refractivity (Wildman–Crippen MR) is 84.7 cm³/mol. The van der Waals surface area contributed by atoms with Crippen LogP contribution in [0.15, 0.2) is 12.1 Å². The molecular formula is C16H17ClFN3O2. The monoisotopic (exact) mass is 337 g/mol. The van der Waals surface area contributed by atoms with Gasteiger partial charge in [0.1, 0.15) is 29.9 Å². The van der Waals surface area contributed by atoms with Gasteiger partial charge in [0, 0.05) is 12.7 Å². The molecule has 0 saturated carbocycles. The van der Waals surface area contributed by atoms with Gasteiger partial charge in [-0.15, -0.1) is 0 Å². The van der Waals surface area contributed by atoms with Crippen LogP contribution in [0.5, 0.6) is 5.75 Å². The van der Waals surface area contributed by atoms with Crippen molar-refractivity contribution in [3.8, 4) is 17.5 Å². The van der Waals surface area contributed by atoms with Gasteiger partial charge in [0.25, 0.3) is 0 Å². The Morgan fingerprint density at radius 1 is 1.35 bits per heavy atom. The Labute approximate surface area is 139 Å². The lowest BCUT2D eigenvalue weighted by Crippen LogP contribution is -2.09. The fourth-order valence-electron chi connectivity index (χ4n) is 2.12. The lowest BCUT2D eigenvalue weighted by atomic mass is 10.2. The maximum Gasteiger partial charge on any atom is 0.150 e. The van der Waals surface area contributed by atoms with Crippen molar-refractivity contribution >= 4 is 11.6 Å². The first-order valence-electron chi connectivity index (χ1n) is 7.15. The lowest BCUT2D eigenvalue weighted by Gasteiger charge is -2.12. The molecular weight excluding hydrogens is 321 g/mol. The second-order valence-electron chi connectivity index (χ2n) is 4.85. The number of aromatic nitrogens is 2. The Morgan fingerprint density at radius 3 is 2.65 bits per heavy atom. The predicted octanol–water partition coefficient (Wildman–Crippen LogP) is 3.57. The average molecular weight is 338 g/mol. The molecule has 2 rings (SSSR count). The third kappa shape index (κ3) is 3.63. The van der Waals surface area contributed by atoms with Crippen molar-refractivity contribution < 1.29 is 13.9 Å². The standard InChI is InChI=1S/C16H17ClFN3O2/c1-4-22-5-6-23-15-8-14(13(18)7-12(15)9-19)21-11(3)16(17)10(2)20-21/h7-8H,4-6H2,1-3H3. The van der Waals surface area contributed by atoms with E-state index in [1.807, 2.05) is 13.0 Å². The zero-order valence-corrected chi connectivity index (χ0v) is 13.9. The van der Waals surface area contributed by atoms with Crippen molar-refractivity contribution in [2.75, 3.05) is 19.8 Å². The molecule has 0 N–H and O–H groups in total. The minimum atomic E-state index is -0.569. The number of aryl methyl sites for hydroxylation is 1. The molecule has 23 heavy (non-hydrogen) atoms. The summed E-state index contributed by atoms with van der Waals surface area (Å²) in [7, 11) is 0. The lowest BCUT2D eigenvalue weighted by molar-refractivity contribution is 0.110. The molecule has 0 aliphatic heterocycles. The zero-order valence-electron chi connectivity index (χ0n) is 13.2. The molecule has 0 amide bonds. The van der Waals surface area contributed by atoms with E-state index in [1.165, 1.54) is 10.7 Å². The largest absolute Gasteiger partial charge is 0.490 e. The Kier molecular flexibility index (Phi) is 5.59. The number of nitriles is 1. The minimum Gasteiger partial charge on any atom is -0.490 e. The van der Waals surface area contributed by atoms with Crippen molar-refractivity contribution in [1.29, 1.82) is 5.26 Å². The molecule has 0 aliphatic rings. The van der Waals surface area contributed by atoms with Crippen molar-refractivity contribution in [3.63, 3.8) is 0 Å². The van der Waals surface area contributed by atoms with Crippen LogP contribution in [0.4, 0.5) is 4.39 Å². The molecule has 1 heterocycles. The molecule has 0 unspecified atom stereocenters. The van der Waals surface area contributed by atoms with E-state index in [-0.39, 0.29) is 23.6 Å². The summed E-state index contributed by atoms with van der Waals surface area (Å²) in [5, 5.41) is 13.8. The summed E-state index contributed by atoms with van der Waals surface area (Å²) in [6.45, 7) is 6.60. The quantitative estimate of drug-likeness (QED) is 0.756. The molecule has 0 radical (unpaired) electrons. The van der Waals surface area contributed by atoms with E-state index in [9.17, 15) is 4.39 Å². The average Bonchev–Trinajstić information content (AvgIpc) is 2.79. The number of nitrogens with zero attached hydrogens (tertiary/aromatic N) is 3. The van der Waals surface area contributed by atoms with Crippen LogP contribution < -0.4 is 4.74 Å². The highest BCUT2D eigenvalue weighted by Crippen LogP contribution is 2.28. The summed E-state index contributed by atoms with van der Waals surface area (Å²) in [6.07, 6.45) is 0. The van der Waals surface area contributed by atoms with Gasteiger partial charge >= 0.3 is 0 Å². The highest BCUT2D eigenvalue weighted by atomic mass is 35.5. The Morgan fingerprint density at radius 2 is 2.09 bits per heavy atom. The molecule has 5 nitrogen and oxygen atoms in total. The van der Waals surface area contributed by atoms with Gasteiger partial charge in [0.2, 0.25) is 0 Å². The van der Waals surface area contributed by atoms with Gasteiger partial charge in [0.15, 0.2) is 0 Å². The Hall–Kier alpha value is -2.10. The Bertz CT molecular complexity index is 753. The topological polar surface area (TPSA) is 60.1 Å². The first-order chi connectivity index (χ1) is 11.0. The second-order valence-corrected chi connectivity index (χ2v) is 5.23. The number of hydrogen-bond acceptors (Lipinski definition) is 4. The van der Waals surface area contributed by atoms with Crippen molar-refractivity contribution in [3.05, 3.63) is 39.9 Å². The van der Waals surface area contributed by atoms with E-state index in [4.69, 9.17) is 26.3 Å². The van der Waals surface area contributed by atoms with Gasteiger partial charge in [-0.1, -0.05) is 11.6 Å². The van der Waals surface area contributed by atoms with Crippen molar-refractivity contribution in [1.82, 2.24) is 9.78 Å². The van der Waals surface area contributed by atoms with Crippen LogP contribution in [0.1, 0.15) is 23.9 Å². The molecule has 1 aromatic carbocycles. The smallest absolute Gasteiger partial charge is 0.150 e. The van der Waals surface area contributed by atoms with Crippen LogP contribution in [-0.4, -0.2) is 29.6 Å². The maximum atomic E-state index is 14.3. The van der Waals surface area contributed by atoms with Gasteiger partial charge in [0.05, 0.1) is 28.6 Å². The van der Waals surface area contributed by atoms with Gasteiger partial charge in [-0.25, -0.2) is 9.07 Å². The molecule has 2 aromatic rings. The third-order valence-corrected chi connectivity index (χ3v) is 3.84. The molecule has 0 spiro atoms. The van der Waals surface area contributed by atoms with Gasteiger partial charge < -0.3 is 9.47 Å². The summed E-state index contributed by atoms with van der Waals surface area (Å²) in [5.74, 6) is -0.284. The van der Waals surface area contributed by atoms with E-state index in [1.54, 1.807) is 13.8 Å². The zero-order chi connectivity index (χ0) is 17.0. The highest BCUT2D eigenvalue weighted by molar-refractivity contribution is 6.31. The van der Waals surface area contributed by atoms with Gasteiger partial charge in [-0.05, 0) is 26.8 Å². The van der Waals surface area contributed by atoms with E-state index < -0.39 is 5.82 Å². The summed E-state index contributed by atoms with van der Waals surface area (Å²) in [6, 6.07) is 4.51. The second kappa shape index (κ2) is 7.44.